The molecule has 238 valence electrons. The maximum Gasteiger partial charge on any atom is 0.326 e. The largest absolute Gasteiger partial charge is 0.508 e. The van der Waals surface area contributed by atoms with E-state index in [0.29, 0.717) is 23.2 Å². The minimum Gasteiger partial charge on any atom is -0.508 e. The Balaban J connectivity index is 1.57. The molecule has 45 heavy (non-hydrogen) atoms. The van der Waals surface area contributed by atoms with Crippen molar-refractivity contribution >= 4 is 34.6 Å². The Hall–Kier alpha value is -5.17. The van der Waals surface area contributed by atoms with Crippen LogP contribution in [0.4, 0.5) is 0 Å². The van der Waals surface area contributed by atoms with Gasteiger partial charge in [-0.1, -0.05) is 50.6 Å². The van der Waals surface area contributed by atoms with Crippen molar-refractivity contribution in [2.45, 2.75) is 63.7 Å². The van der Waals surface area contributed by atoms with Crippen LogP contribution in [0.1, 0.15) is 37.1 Å². The Bertz CT molecular complexity index is 1600. The highest BCUT2D eigenvalue weighted by molar-refractivity contribution is 5.94. The maximum atomic E-state index is 13.7. The van der Waals surface area contributed by atoms with E-state index >= 15 is 0 Å². The van der Waals surface area contributed by atoms with Crippen molar-refractivity contribution in [2.24, 2.45) is 11.7 Å². The van der Waals surface area contributed by atoms with E-state index in [1.54, 1.807) is 18.3 Å². The molecule has 0 aliphatic carbocycles. The summed E-state index contributed by atoms with van der Waals surface area (Å²) in [5, 5.41) is 28.6. The van der Waals surface area contributed by atoms with E-state index in [1.807, 2.05) is 38.1 Å². The molecule has 0 aliphatic rings. The summed E-state index contributed by atoms with van der Waals surface area (Å²) >= 11 is 0. The minimum absolute atomic E-state index is 0.00301. The number of nitrogens with zero attached hydrogens (tertiary/aromatic N) is 1. The molecule has 5 unspecified atom stereocenters. The smallest absolute Gasteiger partial charge is 0.326 e. The van der Waals surface area contributed by atoms with Gasteiger partial charge in [0.15, 0.2) is 0 Å². The summed E-state index contributed by atoms with van der Waals surface area (Å²) in [5.74, 6) is -3.28. The van der Waals surface area contributed by atoms with E-state index in [0.717, 1.165) is 10.9 Å². The Labute approximate surface area is 260 Å². The number of nitrogens with one attached hydrogen (secondary N) is 5. The first-order valence-electron chi connectivity index (χ1n) is 14.7. The number of imidazole rings is 1. The number of aromatic amines is 2. The Kier molecular flexibility index (Phi) is 10.9. The van der Waals surface area contributed by atoms with Crippen LogP contribution in [0, 0.1) is 5.92 Å². The first-order valence-corrected chi connectivity index (χ1v) is 14.7. The summed E-state index contributed by atoms with van der Waals surface area (Å²) < 4.78 is 0. The van der Waals surface area contributed by atoms with Crippen molar-refractivity contribution in [3.05, 3.63) is 84.1 Å². The summed E-state index contributed by atoms with van der Waals surface area (Å²) in [7, 11) is 0. The van der Waals surface area contributed by atoms with E-state index < -0.39 is 47.9 Å². The molecule has 9 N–H and O–H groups in total. The van der Waals surface area contributed by atoms with E-state index in [4.69, 9.17) is 5.73 Å². The Morgan fingerprint density at radius 3 is 2.16 bits per heavy atom. The molecule has 3 amide bonds. The van der Waals surface area contributed by atoms with Crippen LogP contribution >= 0.6 is 0 Å². The fraction of sp³-hybridized carbons (Fsp3) is 0.344. The van der Waals surface area contributed by atoms with Crippen LogP contribution in [0.15, 0.2) is 67.3 Å². The molecular formula is C32H39N7O6. The molecule has 0 saturated heterocycles. The molecule has 0 aliphatic heterocycles. The van der Waals surface area contributed by atoms with Crippen LogP contribution in [-0.4, -0.2) is 73.0 Å². The molecule has 2 aromatic carbocycles. The third-order valence-corrected chi connectivity index (χ3v) is 7.89. The van der Waals surface area contributed by atoms with Gasteiger partial charge in [0.05, 0.1) is 12.4 Å². The number of aliphatic carboxylic acids is 1. The van der Waals surface area contributed by atoms with E-state index in [2.05, 4.69) is 30.9 Å². The average Bonchev–Trinajstić information content (AvgIpc) is 3.70. The molecule has 2 heterocycles. The maximum absolute atomic E-state index is 13.7. The molecule has 13 heteroatoms. The van der Waals surface area contributed by atoms with Crippen LogP contribution in [0.3, 0.4) is 0 Å². The average molecular weight is 618 g/mol. The second-order valence-corrected chi connectivity index (χ2v) is 11.1. The molecule has 0 bridgehead atoms. The number of hydrogen-bond donors (Lipinski definition) is 8. The summed E-state index contributed by atoms with van der Waals surface area (Å²) in [5.41, 5.74) is 8.83. The van der Waals surface area contributed by atoms with Crippen molar-refractivity contribution in [3.63, 3.8) is 0 Å². The summed E-state index contributed by atoms with van der Waals surface area (Å²) in [6.07, 6.45) is 5.34. The molecule has 4 aromatic rings. The lowest BCUT2D eigenvalue weighted by atomic mass is 9.98. The molecule has 4 rings (SSSR count). The number of rotatable bonds is 15. The van der Waals surface area contributed by atoms with Gasteiger partial charge >= 0.3 is 5.97 Å². The van der Waals surface area contributed by atoms with Crippen LogP contribution in [0.2, 0.25) is 0 Å². The van der Waals surface area contributed by atoms with E-state index in [-0.39, 0.29) is 30.9 Å². The van der Waals surface area contributed by atoms with Gasteiger partial charge in [-0.3, -0.25) is 14.4 Å². The molecule has 5 atom stereocenters. The number of amides is 3. The van der Waals surface area contributed by atoms with Crippen LogP contribution < -0.4 is 21.7 Å². The third kappa shape index (κ3) is 8.70. The number of fused-ring (bicyclic) bond motifs is 1. The number of carbonyl (C=O) groups is 4. The zero-order chi connectivity index (χ0) is 32.5. The number of phenolic OH excluding ortho intramolecular Hbond substituents is 1. The molecule has 0 radical (unpaired) electrons. The lowest BCUT2D eigenvalue weighted by Crippen LogP contribution is -2.58. The standard InChI is InChI=1S/C32H39N7O6/c1-3-18(2)28(33)31(43)38-26(14-21-16-34-17-36-21)30(42)37-25(12-19-8-10-22(40)11-9-19)29(41)39-27(32(44)45)13-20-15-35-24-7-5-4-6-23(20)24/h4-11,15-18,25-28,35,40H,3,12-14,33H2,1-2H3,(H,34,36)(H,37,42)(H,38,43)(H,39,41)(H,44,45). The van der Waals surface area contributed by atoms with Crippen LogP contribution in [0.5, 0.6) is 5.75 Å². The normalized spacial score (nSPS) is 14.6. The second kappa shape index (κ2) is 15.0. The first-order chi connectivity index (χ1) is 21.5. The SMILES string of the molecule is CCC(C)C(N)C(=O)NC(Cc1cnc[nH]1)C(=O)NC(Cc1ccc(O)cc1)C(=O)NC(Cc1c[nH]c2ccccc12)C(=O)O. The number of carbonyl (C=O) groups excluding carboxylic acids is 3. The lowest BCUT2D eigenvalue weighted by Gasteiger charge is -2.26. The van der Waals surface area contributed by atoms with Gasteiger partial charge in [-0.15, -0.1) is 0 Å². The number of hydrogen-bond acceptors (Lipinski definition) is 7. The number of nitrogens with two attached hydrogens (primary N) is 1. The number of benzene rings is 2. The van der Waals surface area contributed by atoms with Gasteiger partial charge in [-0.05, 0) is 35.2 Å². The van der Waals surface area contributed by atoms with Gasteiger partial charge in [0.1, 0.15) is 23.9 Å². The molecular weight excluding hydrogens is 578 g/mol. The summed E-state index contributed by atoms with van der Waals surface area (Å²) in [6, 6.07) is 8.99. The van der Waals surface area contributed by atoms with Gasteiger partial charge in [0.25, 0.3) is 0 Å². The van der Waals surface area contributed by atoms with Crippen molar-refractivity contribution < 1.29 is 29.4 Å². The van der Waals surface area contributed by atoms with Crippen molar-refractivity contribution in [1.82, 2.24) is 30.9 Å². The number of carboxylic acid groups (broad SMARTS) is 1. The van der Waals surface area contributed by atoms with Gasteiger partial charge in [0, 0.05) is 48.3 Å². The van der Waals surface area contributed by atoms with Crippen LogP contribution in [0.25, 0.3) is 10.9 Å². The predicted molar refractivity (Wildman–Crippen MR) is 167 cm³/mol. The van der Waals surface area contributed by atoms with Crippen LogP contribution in [-0.2, 0) is 38.4 Å². The fourth-order valence-corrected chi connectivity index (χ4v) is 4.95. The fourth-order valence-electron chi connectivity index (χ4n) is 4.95. The number of H-pyrrole nitrogens is 2. The molecule has 0 spiro atoms. The number of phenols is 1. The van der Waals surface area contributed by atoms with Crippen molar-refractivity contribution in [1.29, 1.82) is 0 Å². The van der Waals surface area contributed by atoms with E-state index in [1.165, 1.54) is 24.7 Å². The summed E-state index contributed by atoms with van der Waals surface area (Å²) in [6.45, 7) is 3.74. The van der Waals surface area contributed by atoms with Gasteiger partial charge in [0.2, 0.25) is 17.7 Å². The van der Waals surface area contributed by atoms with Gasteiger partial charge < -0.3 is 41.9 Å². The molecule has 0 saturated carbocycles. The zero-order valence-electron chi connectivity index (χ0n) is 25.1. The third-order valence-electron chi connectivity index (χ3n) is 7.89. The van der Waals surface area contributed by atoms with Gasteiger partial charge in [-0.25, -0.2) is 9.78 Å². The highest BCUT2D eigenvalue weighted by atomic mass is 16.4. The molecule has 13 nitrogen and oxygen atoms in total. The van der Waals surface area contributed by atoms with Crippen molar-refractivity contribution in [3.8, 4) is 5.75 Å². The molecule has 2 aromatic heterocycles. The highest BCUT2D eigenvalue weighted by Gasteiger charge is 2.32. The molecule has 0 fully saturated rings. The monoisotopic (exact) mass is 617 g/mol. The number of aromatic hydroxyl groups is 1. The zero-order valence-corrected chi connectivity index (χ0v) is 25.1. The Morgan fingerprint density at radius 1 is 0.867 bits per heavy atom. The number of para-hydroxylation sites is 1. The predicted octanol–water partition coefficient (Wildman–Crippen LogP) is 1.54. The topological polar surface area (TPSA) is 215 Å². The Morgan fingerprint density at radius 2 is 1.51 bits per heavy atom. The lowest BCUT2D eigenvalue weighted by molar-refractivity contribution is -0.142. The minimum atomic E-state index is -1.30. The summed E-state index contributed by atoms with van der Waals surface area (Å²) in [4.78, 5) is 62.6. The highest BCUT2D eigenvalue weighted by Crippen LogP contribution is 2.19. The number of aromatic nitrogens is 3. The quantitative estimate of drug-likeness (QED) is 0.0977. The second-order valence-electron chi connectivity index (χ2n) is 11.1. The first kappa shape index (κ1) is 32.7. The van der Waals surface area contributed by atoms with Crippen molar-refractivity contribution in [2.75, 3.05) is 0 Å². The number of carboxylic acids is 1. The van der Waals surface area contributed by atoms with E-state index in [9.17, 15) is 29.4 Å². The van der Waals surface area contributed by atoms with Gasteiger partial charge in [-0.2, -0.15) is 0 Å².